The molecule has 3 nitrogen and oxygen atoms in total. The van der Waals surface area contributed by atoms with Crippen LogP contribution in [0.15, 0.2) is 0 Å². The van der Waals surface area contributed by atoms with E-state index in [2.05, 4.69) is 30.6 Å². The van der Waals surface area contributed by atoms with E-state index in [4.69, 9.17) is 0 Å². The van der Waals surface area contributed by atoms with Gasteiger partial charge in [-0.1, -0.05) is 13.8 Å². The Hall–Kier alpha value is -0.260. The van der Waals surface area contributed by atoms with Crippen molar-refractivity contribution in [3.05, 3.63) is 0 Å². The number of hydrogen-bond acceptors (Lipinski definition) is 3. The molecule has 2 unspecified atom stereocenters. The van der Waals surface area contributed by atoms with Crippen LogP contribution in [-0.2, 0) is 0 Å². The van der Waals surface area contributed by atoms with Crippen LogP contribution in [0.2, 0.25) is 0 Å². The number of likely N-dealkylation sites (tertiary alicyclic amines) is 3. The zero-order valence-electron chi connectivity index (χ0n) is 17.8. The van der Waals surface area contributed by atoms with Crippen molar-refractivity contribution >= 4 is 0 Å². The first-order chi connectivity index (χ1) is 12.9. The molecule has 0 aromatic rings. The highest BCUT2D eigenvalue weighted by Crippen LogP contribution is 2.37. The fraction of sp³-hybridized carbons (Fsp3) is 1.00. The smallest absolute Gasteiger partial charge is 0.275 e. The molecule has 0 saturated carbocycles. The molecule has 3 aliphatic heterocycles. The molecule has 0 N–H and O–H groups in total. The van der Waals surface area contributed by atoms with Gasteiger partial charge in [0, 0.05) is 12.6 Å². The maximum atomic E-state index is 14.7. The Morgan fingerprint density at radius 1 is 0.889 bits per heavy atom. The lowest BCUT2D eigenvalue weighted by molar-refractivity contribution is -0.133. The number of hydrogen-bond donors (Lipinski definition) is 0. The molecule has 3 rings (SSSR count). The van der Waals surface area contributed by atoms with Crippen LogP contribution in [0.4, 0.5) is 8.78 Å². The summed E-state index contributed by atoms with van der Waals surface area (Å²) >= 11 is 0. The predicted octanol–water partition coefficient (Wildman–Crippen LogP) is 4.33. The van der Waals surface area contributed by atoms with Gasteiger partial charge in [0.25, 0.3) is 5.92 Å². The molecule has 3 saturated heterocycles. The van der Waals surface area contributed by atoms with Crippen molar-refractivity contribution in [2.45, 2.75) is 83.7 Å². The van der Waals surface area contributed by atoms with Gasteiger partial charge in [0.15, 0.2) is 0 Å². The first kappa shape index (κ1) is 21.4. The van der Waals surface area contributed by atoms with Crippen molar-refractivity contribution in [3.63, 3.8) is 0 Å². The topological polar surface area (TPSA) is 9.72 Å². The largest absolute Gasteiger partial charge is 0.301 e. The second-order valence-corrected chi connectivity index (χ2v) is 9.35. The molecule has 0 aromatic heterocycles. The number of alkyl halides is 2. The van der Waals surface area contributed by atoms with Gasteiger partial charge in [-0.3, -0.25) is 9.80 Å². The third kappa shape index (κ3) is 5.22. The summed E-state index contributed by atoms with van der Waals surface area (Å²) in [4.78, 5) is 6.72. The lowest BCUT2D eigenvalue weighted by atomic mass is 9.78. The zero-order valence-corrected chi connectivity index (χ0v) is 17.8. The van der Waals surface area contributed by atoms with Crippen LogP contribution in [0.5, 0.6) is 0 Å². The van der Waals surface area contributed by atoms with Crippen molar-refractivity contribution in [1.82, 2.24) is 14.7 Å². The number of piperidine rings is 3. The molecule has 0 radical (unpaired) electrons. The molecule has 3 aliphatic rings. The van der Waals surface area contributed by atoms with Crippen LogP contribution in [-0.4, -0.2) is 78.5 Å². The van der Waals surface area contributed by atoms with Gasteiger partial charge in [-0.15, -0.1) is 0 Å². The number of halogens is 2. The molecule has 0 aliphatic carbocycles. The van der Waals surface area contributed by atoms with Gasteiger partial charge in [-0.2, -0.15) is 0 Å². The maximum absolute atomic E-state index is 14.7. The van der Waals surface area contributed by atoms with E-state index in [9.17, 15) is 8.78 Å². The Kier molecular flexibility index (Phi) is 7.54. The van der Waals surface area contributed by atoms with E-state index >= 15 is 0 Å². The summed E-state index contributed by atoms with van der Waals surface area (Å²) in [6.45, 7) is 12.5. The normalized spacial score (nSPS) is 31.2. The van der Waals surface area contributed by atoms with E-state index in [1.54, 1.807) is 0 Å². The van der Waals surface area contributed by atoms with Crippen LogP contribution >= 0.6 is 0 Å². The molecule has 0 amide bonds. The van der Waals surface area contributed by atoms with E-state index in [-0.39, 0.29) is 6.54 Å². The molecule has 27 heavy (non-hydrogen) atoms. The fourth-order valence-electron chi connectivity index (χ4n) is 5.75. The van der Waals surface area contributed by atoms with Crippen LogP contribution in [0.25, 0.3) is 0 Å². The molecular weight excluding hydrogens is 344 g/mol. The first-order valence-electron chi connectivity index (χ1n) is 11.5. The second kappa shape index (κ2) is 9.49. The fourth-order valence-corrected chi connectivity index (χ4v) is 5.75. The van der Waals surface area contributed by atoms with E-state index in [0.29, 0.717) is 12.5 Å². The third-order valence-corrected chi connectivity index (χ3v) is 7.65. The predicted molar refractivity (Wildman–Crippen MR) is 108 cm³/mol. The van der Waals surface area contributed by atoms with Gasteiger partial charge in [0.05, 0.1) is 12.6 Å². The van der Waals surface area contributed by atoms with Gasteiger partial charge in [-0.05, 0) is 96.4 Å². The standard InChI is InChI=1S/C22H41F2N3/c1-4-11-25-12-10-21(22(23,24)17-25)27-15-8-20(9-16-27)19-6-13-26(14-7-19)18(3)5-2/h18-21H,4-17H2,1-3H3. The van der Waals surface area contributed by atoms with E-state index in [0.717, 1.165) is 57.3 Å². The Morgan fingerprint density at radius 2 is 1.48 bits per heavy atom. The van der Waals surface area contributed by atoms with E-state index in [1.807, 2.05) is 4.90 Å². The van der Waals surface area contributed by atoms with Gasteiger partial charge in [0.1, 0.15) is 0 Å². The molecular formula is C22H41F2N3. The summed E-state index contributed by atoms with van der Waals surface area (Å²) in [5.41, 5.74) is 0. The zero-order chi connectivity index (χ0) is 19.4. The molecule has 3 heterocycles. The number of nitrogens with zero attached hydrogens (tertiary/aromatic N) is 3. The molecule has 3 fully saturated rings. The summed E-state index contributed by atoms with van der Waals surface area (Å²) in [6, 6.07) is 0.174. The molecule has 0 aromatic carbocycles. The maximum Gasteiger partial charge on any atom is 0.275 e. The number of rotatable bonds is 6. The van der Waals surface area contributed by atoms with Crippen molar-refractivity contribution in [2.24, 2.45) is 11.8 Å². The van der Waals surface area contributed by atoms with Crippen molar-refractivity contribution in [1.29, 1.82) is 0 Å². The summed E-state index contributed by atoms with van der Waals surface area (Å²) < 4.78 is 29.5. The molecule has 158 valence electrons. The van der Waals surface area contributed by atoms with E-state index < -0.39 is 12.0 Å². The summed E-state index contributed by atoms with van der Waals surface area (Å²) in [5, 5.41) is 0. The van der Waals surface area contributed by atoms with Crippen LogP contribution in [0.1, 0.15) is 65.7 Å². The quantitative estimate of drug-likeness (QED) is 0.674. The highest BCUT2D eigenvalue weighted by atomic mass is 19.3. The third-order valence-electron chi connectivity index (χ3n) is 7.65. The molecule has 0 bridgehead atoms. The molecule has 2 atom stereocenters. The molecule has 0 spiro atoms. The average Bonchev–Trinajstić information content (AvgIpc) is 2.67. The van der Waals surface area contributed by atoms with Crippen molar-refractivity contribution in [2.75, 3.05) is 45.8 Å². The lowest BCUT2D eigenvalue weighted by Gasteiger charge is -2.47. The molecule has 5 heteroatoms. The minimum absolute atomic E-state index is 0.0422. The van der Waals surface area contributed by atoms with Crippen LogP contribution < -0.4 is 0 Å². The Bertz CT molecular complexity index is 443. The minimum Gasteiger partial charge on any atom is -0.301 e. The van der Waals surface area contributed by atoms with Gasteiger partial charge >= 0.3 is 0 Å². The van der Waals surface area contributed by atoms with Gasteiger partial charge in [0.2, 0.25) is 0 Å². The first-order valence-corrected chi connectivity index (χ1v) is 11.5. The summed E-state index contributed by atoms with van der Waals surface area (Å²) in [5.74, 6) is -0.976. The lowest BCUT2D eigenvalue weighted by Crippen LogP contribution is -2.59. The summed E-state index contributed by atoms with van der Waals surface area (Å²) in [6.07, 6.45) is 7.68. The van der Waals surface area contributed by atoms with Gasteiger partial charge < -0.3 is 4.90 Å². The average molecular weight is 386 g/mol. The van der Waals surface area contributed by atoms with Crippen molar-refractivity contribution in [3.8, 4) is 0 Å². The van der Waals surface area contributed by atoms with E-state index in [1.165, 1.54) is 32.4 Å². The van der Waals surface area contributed by atoms with Crippen LogP contribution in [0, 0.1) is 11.8 Å². The SMILES string of the molecule is CCCN1CCC(N2CCC(C3CCN(C(C)CC)CC3)CC2)C(F)(F)C1. The van der Waals surface area contributed by atoms with Crippen LogP contribution in [0.3, 0.4) is 0 Å². The Morgan fingerprint density at radius 3 is 2.00 bits per heavy atom. The van der Waals surface area contributed by atoms with Crippen molar-refractivity contribution < 1.29 is 8.78 Å². The van der Waals surface area contributed by atoms with Gasteiger partial charge in [-0.25, -0.2) is 8.78 Å². The highest BCUT2D eigenvalue weighted by Gasteiger charge is 2.48. The summed E-state index contributed by atoms with van der Waals surface area (Å²) in [7, 11) is 0. The Labute approximate surface area is 165 Å². The second-order valence-electron chi connectivity index (χ2n) is 9.35. The minimum atomic E-state index is -2.55. The Balaban J connectivity index is 1.45. The monoisotopic (exact) mass is 385 g/mol. The highest BCUT2D eigenvalue weighted by molar-refractivity contribution is 4.95.